The van der Waals surface area contributed by atoms with Crippen molar-refractivity contribution in [3.8, 4) is 5.75 Å². The number of methoxy groups -OCH3 is 1. The van der Waals surface area contributed by atoms with Crippen LogP contribution < -0.4 is 20.7 Å². The van der Waals surface area contributed by atoms with Crippen molar-refractivity contribution in [1.82, 2.24) is 0 Å². The number of benzene rings is 2. The van der Waals surface area contributed by atoms with Crippen LogP contribution in [0.3, 0.4) is 0 Å². The third kappa shape index (κ3) is 5.01. The van der Waals surface area contributed by atoms with Crippen molar-refractivity contribution in [3.63, 3.8) is 0 Å². The highest BCUT2D eigenvalue weighted by molar-refractivity contribution is 5.96. The minimum absolute atomic E-state index is 0.135. The number of amides is 2. The molecule has 2 aromatic rings. The van der Waals surface area contributed by atoms with Crippen LogP contribution in [0.2, 0.25) is 0 Å². The molecule has 24 heavy (non-hydrogen) atoms. The van der Waals surface area contributed by atoms with Crippen molar-refractivity contribution < 1.29 is 14.3 Å². The van der Waals surface area contributed by atoms with Crippen LogP contribution in [0.25, 0.3) is 0 Å². The second-order valence-electron chi connectivity index (χ2n) is 5.34. The Morgan fingerprint density at radius 2 is 1.38 bits per heavy atom. The summed E-state index contributed by atoms with van der Waals surface area (Å²) in [6, 6.07) is 13.9. The van der Waals surface area contributed by atoms with E-state index in [1.54, 1.807) is 38.3 Å². The van der Waals surface area contributed by atoms with Crippen molar-refractivity contribution in [2.45, 2.75) is 19.9 Å². The summed E-state index contributed by atoms with van der Waals surface area (Å²) >= 11 is 0. The molecule has 0 heterocycles. The zero-order valence-corrected chi connectivity index (χ0v) is 13.9. The molecule has 126 valence electrons. The van der Waals surface area contributed by atoms with Crippen molar-refractivity contribution >= 4 is 28.9 Å². The van der Waals surface area contributed by atoms with Gasteiger partial charge in [-0.15, -0.1) is 0 Å². The SMILES string of the molecule is COc1ccc(N[C@@H](C)C(=O)Nc2ccc(NC(C)=O)cc2)cc1. The quantitative estimate of drug-likeness (QED) is 0.762. The number of carbonyl (C=O) groups is 2. The molecule has 0 aliphatic rings. The lowest BCUT2D eigenvalue weighted by molar-refractivity contribution is -0.116. The second kappa shape index (κ2) is 8.01. The first-order chi connectivity index (χ1) is 11.5. The number of carbonyl (C=O) groups excluding carboxylic acids is 2. The first-order valence-corrected chi connectivity index (χ1v) is 7.57. The Bertz CT molecular complexity index is 696. The zero-order valence-electron chi connectivity index (χ0n) is 13.9. The Balaban J connectivity index is 1.91. The molecule has 1 atom stereocenters. The Kier molecular flexibility index (Phi) is 5.78. The van der Waals surface area contributed by atoms with Gasteiger partial charge in [-0.1, -0.05) is 0 Å². The summed E-state index contributed by atoms with van der Waals surface area (Å²) in [5, 5.41) is 8.63. The zero-order chi connectivity index (χ0) is 17.5. The Morgan fingerprint density at radius 1 is 0.875 bits per heavy atom. The Labute approximate surface area is 141 Å². The fraction of sp³-hybridized carbons (Fsp3) is 0.222. The Morgan fingerprint density at radius 3 is 1.88 bits per heavy atom. The molecule has 2 aromatic carbocycles. The number of anilines is 3. The van der Waals surface area contributed by atoms with Gasteiger partial charge < -0.3 is 20.7 Å². The van der Waals surface area contributed by atoms with Gasteiger partial charge in [-0.05, 0) is 55.5 Å². The number of nitrogens with one attached hydrogen (secondary N) is 3. The fourth-order valence-corrected chi connectivity index (χ4v) is 2.09. The van der Waals surface area contributed by atoms with E-state index in [1.165, 1.54) is 6.92 Å². The molecule has 0 radical (unpaired) electrons. The largest absolute Gasteiger partial charge is 0.497 e. The molecule has 0 unspecified atom stereocenters. The first-order valence-electron chi connectivity index (χ1n) is 7.57. The van der Waals surface area contributed by atoms with E-state index in [1.807, 2.05) is 24.3 Å². The van der Waals surface area contributed by atoms with Crippen molar-refractivity contribution in [2.75, 3.05) is 23.1 Å². The molecule has 6 heteroatoms. The van der Waals surface area contributed by atoms with Crippen LogP contribution >= 0.6 is 0 Å². The molecule has 6 nitrogen and oxygen atoms in total. The molecule has 2 amide bonds. The lowest BCUT2D eigenvalue weighted by atomic mass is 10.2. The average molecular weight is 327 g/mol. The summed E-state index contributed by atoms with van der Waals surface area (Å²) < 4.78 is 5.10. The van der Waals surface area contributed by atoms with E-state index in [4.69, 9.17) is 4.74 Å². The van der Waals surface area contributed by atoms with E-state index in [0.717, 1.165) is 11.4 Å². The monoisotopic (exact) mass is 327 g/mol. The summed E-state index contributed by atoms with van der Waals surface area (Å²) in [7, 11) is 1.61. The molecule has 0 saturated carbocycles. The summed E-state index contributed by atoms with van der Waals surface area (Å²) in [6.45, 7) is 3.23. The average Bonchev–Trinajstić information content (AvgIpc) is 2.56. The lowest BCUT2D eigenvalue weighted by Gasteiger charge is -2.16. The van der Waals surface area contributed by atoms with Gasteiger partial charge in [0.25, 0.3) is 0 Å². The van der Waals surface area contributed by atoms with Crippen LogP contribution in [-0.2, 0) is 9.59 Å². The van der Waals surface area contributed by atoms with Crippen molar-refractivity contribution in [3.05, 3.63) is 48.5 Å². The van der Waals surface area contributed by atoms with E-state index in [9.17, 15) is 9.59 Å². The topological polar surface area (TPSA) is 79.5 Å². The molecule has 0 bridgehead atoms. The molecular formula is C18H21N3O3. The third-order valence-electron chi connectivity index (χ3n) is 3.34. The summed E-state index contributed by atoms with van der Waals surface area (Å²) in [5.74, 6) is 0.471. The van der Waals surface area contributed by atoms with E-state index < -0.39 is 6.04 Å². The first kappa shape index (κ1) is 17.3. The van der Waals surface area contributed by atoms with E-state index in [-0.39, 0.29) is 11.8 Å². The molecule has 0 saturated heterocycles. The molecule has 0 spiro atoms. The van der Waals surface area contributed by atoms with Gasteiger partial charge in [0.15, 0.2) is 0 Å². The van der Waals surface area contributed by atoms with Crippen molar-refractivity contribution in [1.29, 1.82) is 0 Å². The molecule has 0 aromatic heterocycles. The van der Waals surface area contributed by atoms with Gasteiger partial charge in [0, 0.05) is 24.0 Å². The number of ether oxygens (including phenoxy) is 1. The van der Waals surface area contributed by atoms with Crippen LogP contribution in [-0.4, -0.2) is 25.0 Å². The normalized spacial score (nSPS) is 11.3. The highest BCUT2D eigenvalue weighted by atomic mass is 16.5. The lowest BCUT2D eigenvalue weighted by Crippen LogP contribution is -2.31. The summed E-state index contributed by atoms with van der Waals surface area (Å²) in [5.41, 5.74) is 2.18. The highest BCUT2D eigenvalue weighted by Crippen LogP contribution is 2.17. The summed E-state index contributed by atoms with van der Waals surface area (Å²) in [6.07, 6.45) is 0. The third-order valence-corrected chi connectivity index (χ3v) is 3.34. The number of hydrogen-bond acceptors (Lipinski definition) is 4. The van der Waals surface area contributed by atoms with Crippen LogP contribution in [0.4, 0.5) is 17.1 Å². The predicted molar refractivity (Wildman–Crippen MR) is 95.5 cm³/mol. The van der Waals surface area contributed by atoms with Gasteiger partial charge in [-0.2, -0.15) is 0 Å². The molecule has 0 aliphatic heterocycles. The summed E-state index contributed by atoms with van der Waals surface area (Å²) in [4.78, 5) is 23.2. The maximum absolute atomic E-state index is 12.2. The van der Waals surface area contributed by atoms with E-state index in [2.05, 4.69) is 16.0 Å². The minimum Gasteiger partial charge on any atom is -0.497 e. The van der Waals surface area contributed by atoms with Gasteiger partial charge in [-0.3, -0.25) is 9.59 Å². The van der Waals surface area contributed by atoms with Gasteiger partial charge >= 0.3 is 0 Å². The van der Waals surface area contributed by atoms with Crippen LogP contribution in [0.5, 0.6) is 5.75 Å². The Hall–Kier alpha value is -3.02. The fourth-order valence-electron chi connectivity index (χ4n) is 2.09. The minimum atomic E-state index is -0.409. The number of rotatable bonds is 6. The van der Waals surface area contributed by atoms with E-state index in [0.29, 0.717) is 11.4 Å². The van der Waals surface area contributed by atoms with Crippen LogP contribution in [0.15, 0.2) is 48.5 Å². The maximum atomic E-state index is 12.2. The maximum Gasteiger partial charge on any atom is 0.246 e. The van der Waals surface area contributed by atoms with E-state index >= 15 is 0 Å². The molecule has 3 N–H and O–H groups in total. The highest BCUT2D eigenvalue weighted by Gasteiger charge is 2.12. The molecule has 2 rings (SSSR count). The second-order valence-corrected chi connectivity index (χ2v) is 5.34. The number of hydrogen-bond donors (Lipinski definition) is 3. The van der Waals surface area contributed by atoms with Crippen LogP contribution in [0, 0.1) is 0 Å². The van der Waals surface area contributed by atoms with Gasteiger partial charge in [0.05, 0.1) is 7.11 Å². The van der Waals surface area contributed by atoms with Crippen LogP contribution in [0.1, 0.15) is 13.8 Å². The smallest absolute Gasteiger partial charge is 0.246 e. The molecule has 0 aliphatic carbocycles. The van der Waals surface area contributed by atoms with Gasteiger partial charge in [-0.25, -0.2) is 0 Å². The van der Waals surface area contributed by atoms with Crippen molar-refractivity contribution in [2.24, 2.45) is 0 Å². The standard InChI is InChI=1S/C18H21N3O3/c1-12(19-14-8-10-17(24-3)11-9-14)18(23)21-16-6-4-15(5-7-16)20-13(2)22/h4-12,19H,1-3H3,(H,20,22)(H,21,23)/t12-/m0/s1. The predicted octanol–water partition coefficient (Wildman–Crippen LogP) is 3.09. The molecular weight excluding hydrogens is 306 g/mol. The van der Waals surface area contributed by atoms with Gasteiger partial charge in [0.2, 0.25) is 11.8 Å². The molecule has 0 fully saturated rings. The van der Waals surface area contributed by atoms with Gasteiger partial charge in [0.1, 0.15) is 11.8 Å².